The minimum absolute atomic E-state index is 0.331. The average molecular weight is 213 g/mol. The lowest BCUT2D eigenvalue weighted by molar-refractivity contribution is 0.0326. The third-order valence-electron chi connectivity index (χ3n) is 3.17. The summed E-state index contributed by atoms with van der Waals surface area (Å²) in [5.74, 6) is 1.76. The van der Waals surface area contributed by atoms with Gasteiger partial charge in [0.25, 0.3) is 0 Å². The van der Waals surface area contributed by atoms with Gasteiger partial charge in [0.2, 0.25) is 0 Å². The van der Waals surface area contributed by atoms with Gasteiger partial charge in [-0.15, -0.1) is 0 Å². The van der Waals surface area contributed by atoms with E-state index in [1.54, 1.807) is 0 Å². The van der Waals surface area contributed by atoms with E-state index < -0.39 is 0 Å². The van der Waals surface area contributed by atoms with E-state index in [4.69, 9.17) is 4.74 Å². The number of hydrogen-bond donors (Lipinski definition) is 2. The molecule has 1 atom stereocenters. The fourth-order valence-corrected chi connectivity index (χ4v) is 1.70. The Morgan fingerprint density at radius 3 is 2.60 bits per heavy atom. The number of aliphatic hydroxyl groups is 1. The van der Waals surface area contributed by atoms with E-state index in [0.29, 0.717) is 13.2 Å². The summed E-state index contributed by atoms with van der Waals surface area (Å²) in [6.45, 7) is 3.06. The Labute approximate surface area is 92.2 Å². The molecular formula is C12H23NO2. The van der Waals surface area contributed by atoms with Crippen LogP contribution < -0.4 is 5.32 Å². The summed E-state index contributed by atoms with van der Waals surface area (Å²) in [4.78, 5) is 0. The molecule has 2 rings (SSSR count). The topological polar surface area (TPSA) is 41.5 Å². The highest BCUT2D eigenvalue weighted by Gasteiger charge is 2.22. The first kappa shape index (κ1) is 11.4. The Balaban J connectivity index is 1.35. The molecule has 0 aromatic rings. The van der Waals surface area contributed by atoms with Gasteiger partial charge in [-0.25, -0.2) is 0 Å². The predicted octanol–water partition coefficient (Wildman–Crippen LogP) is 1.16. The fraction of sp³-hybridized carbons (Fsp3) is 1.00. The van der Waals surface area contributed by atoms with Crippen LogP contribution in [0.3, 0.4) is 0 Å². The summed E-state index contributed by atoms with van der Waals surface area (Å²) < 4.78 is 5.42. The van der Waals surface area contributed by atoms with Gasteiger partial charge in [-0.05, 0) is 37.6 Å². The van der Waals surface area contributed by atoms with E-state index >= 15 is 0 Å². The van der Waals surface area contributed by atoms with Crippen LogP contribution in [0, 0.1) is 11.8 Å². The second kappa shape index (κ2) is 5.83. The fourth-order valence-electron chi connectivity index (χ4n) is 1.70. The van der Waals surface area contributed by atoms with Crippen LogP contribution in [-0.2, 0) is 4.74 Å². The first-order chi connectivity index (χ1) is 7.34. The van der Waals surface area contributed by atoms with E-state index in [0.717, 1.165) is 25.0 Å². The molecule has 2 aliphatic carbocycles. The van der Waals surface area contributed by atoms with Crippen molar-refractivity contribution in [3.8, 4) is 0 Å². The van der Waals surface area contributed by atoms with Crippen molar-refractivity contribution in [2.45, 2.75) is 38.2 Å². The van der Waals surface area contributed by atoms with Crippen molar-refractivity contribution >= 4 is 0 Å². The Bertz CT molecular complexity index is 178. The van der Waals surface area contributed by atoms with Crippen molar-refractivity contribution in [3.05, 3.63) is 0 Å². The molecule has 3 nitrogen and oxygen atoms in total. The molecule has 88 valence electrons. The first-order valence-corrected chi connectivity index (χ1v) is 6.31. The Morgan fingerprint density at radius 2 is 1.93 bits per heavy atom. The van der Waals surface area contributed by atoms with Crippen molar-refractivity contribution in [1.29, 1.82) is 0 Å². The molecule has 0 radical (unpaired) electrons. The zero-order chi connectivity index (χ0) is 10.5. The molecule has 2 saturated carbocycles. The van der Waals surface area contributed by atoms with Gasteiger partial charge in [0.1, 0.15) is 0 Å². The van der Waals surface area contributed by atoms with Crippen molar-refractivity contribution in [3.63, 3.8) is 0 Å². The molecule has 0 saturated heterocycles. The predicted molar refractivity (Wildman–Crippen MR) is 59.8 cm³/mol. The van der Waals surface area contributed by atoms with E-state index in [2.05, 4.69) is 5.32 Å². The molecule has 0 aliphatic heterocycles. The maximum absolute atomic E-state index is 9.58. The van der Waals surface area contributed by atoms with Gasteiger partial charge in [0, 0.05) is 13.2 Å². The van der Waals surface area contributed by atoms with Crippen LogP contribution in [0.25, 0.3) is 0 Å². The normalized spacial score (nSPS) is 23.0. The Hall–Kier alpha value is -0.120. The summed E-state index contributed by atoms with van der Waals surface area (Å²) in [6, 6.07) is 0. The molecule has 0 amide bonds. The molecule has 15 heavy (non-hydrogen) atoms. The van der Waals surface area contributed by atoms with Crippen molar-refractivity contribution in [2.24, 2.45) is 11.8 Å². The number of aliphatic hydroxyl groups excluding tert-OH is 1. The van der Waals surface area contributed by atoms with Crippen LogP contribution in [0.5, 0.6) is 0 Å². The largest absolute Gasteiger partial charge is 0.389 e. The maximum atomic E-state index is 9.58. The molecule has 3 heteroatoms. The van der Waals surface area contributed by atoms with Crippen LogP contribution >= 0.6 is 0 Å². The summed E-state index contributed by atoms with van der Waals surface area (Å²) >= 11 is 0. The van der Waals surface area contributed by atoms with Crippen LogP contribution in [0.2, 0.25) is 0 Å². The monoisotopic (exact) mass is 213 g/mol. The van der Waals surface area contributed by atoms with Gasteiger partial charge < -0.3 is 15.2 Å². The van der Waals surface area contributed by atoms with E-state index in [1.165, 1.54) is 32.1 Å². The molecule has 0 heterocycles. The zero-order valence-electron chi connectivity index (χ0n) is 9.45. The third kappa shape index (κ3) is 5.50. The third-order valence-corrected chi connectivity index (χ3v) is 3.17. The van der Waals surface area contributed by atoms with Gasteiger partial charge in [0.05, 0.1) is 12.7 Å². The van der Waals surface area contributed by atoms with Crippen LogP contribution in [0.15, 0.2) is 0 Å². The molecule has 2 fully saturated rings. The molecule has 2 N–H and O–H groups in total. The molecule has 0 spiro atoms. The summed E-state index contributed by atoms with van der Waals surface area (Å²) in [7, 11) is 0. The highest BCUT2D eigenvalue weighted by atomic mass is 16.5. The number of ether oxygens (including phenoxy) is 1. The van der Waals surface area contributed by atoms with Gasteiger partial charge in [-0.2, -0.15) is 0 Å². The molecule has 1 unspecified atom stereocenters. The quantitative estimate of drug-likeness (QED) is 0.565. The van der Waals surface area contributed by atoms with Crippen molar-refractivity contribution < 1.29 is 9.84 Å². The van der Waals surface area contributed by atoms with E-state index in [-0.39, 0.29) is 6.10 Å². The molecule has 2 aliphatic rings. The van der Waals surface area contributed by atoms with Gasteiger partial charge >= 0.3 is 0 Å². The standard InChI is InChI=1S/C12H23NO2/c14-12(9-15-8-11-3-4-11)7-13-6-5-10-1-2-10/h10-14H,1-9H2. The van der Waals surface area contributed by atoms with Crippen LogP contribution in [-0.4, -0.2) is 37.5 Å². The van der Waals surface area contributed by atoms with Crippen LogP contribution in [0.1, 0.15) is 32.1 Å². The number of rotatable bonds is 9. The highest BCUT2D eigenvalue weighted by molar-refractivity contribution is 4.74. The maximum Gasteiger partial charge on any atom is 0.0897 e. The SMILES string of the molecule is OC(CNCCC1CC1)COCC1CC1. The lowest BCUT2D eigenvalue weighted by atomic mass is 10.3. The smallest absolute Gasteiger partial charge is 0.0897 e. The van der Waals surface area contributed by atoms with Crippen molar-refractivity contribution in [2.75, 3.05) is 26.3 Å². The summed E-state index contributed by atoms with van der Waals surface area (Å²) in [5.41, 5.74) is 0. The second-order valence-corrected chi connectivity index (χ2v) is 5.07. The zero-order valence-corrected chi connectivity index (χ0v) is 9.45. The van der Waals surface area contributed by atoms with Crippen molar-refractivity contribution in [1.82, 2.24) is 5.32 Å². The van der Waals surface area contributed by atoms with E-state index in [1.807, 2.05) is 0 Å². The Morgan fingerprint density at radius 1 is 1.20 bits per heavy atom. The second-order valence-electron chi connectivity index (χ2n) is 5.07. The van der Waals surface area contributed by atoms with Gasteiger partial charge in [-0.1, -0.05) is 12.8 Å². The summed E-state index contributed by atoms with van der Waals surface area (Å²) in [5, 5.41) is 12.9. The molecule has 0 bridgehead atoms. The average Bonchev–Trinajstić information content (AvgIpc) is 3.06. The first-order valence-electron chi connectivity index (χ1n) is 6.31. The molecule has 0 aromatic heterocycles. The number of hydrogen-bond acceptors (Lipinski definition) is 3. The van der Waals surface area contributed by atoms with E-state index in [9.17, 15) is 5.11 Å². The minimum Gasteiger partial charge on any atom is -0.389 e. The number of nitrogens with one attached hydrogen (secondary N) is 1. The van der Waals surface area contributed by atoms with Gasteiger partial charge in [0.15, 0.2) is 0 Å². The minimum atomic E-state index is -0.331. The molecule has 0 aromatic carbocycles. The lowest BCUT2D eigenvalue weighted by Gasteiger charge is -2.12. The molecular weight excluding hydrogens is 190 g/mol. The Kier molecular flexibility index (Phi) is 4.42. The highest BCUT2D eigenvalue weighted by Crippen LogP contribution is 2.31. The summed E-state index contributed by atoms with van der Waals surface area (Å²) in [6.07, 6.45) is 6.40. The van der Waals surface area contributed by atoms with Crippen LogP contribution in [0.4, 0.5) is 0 Å². The lowest BCUT2D eigenvalue weighted by Crippen LogP contribution is -2.31. The van der Waals surface area contributed by atoms with Gasteiger partial charge in [-0.3, -0.25) is 0 Å².